The Morgan fingerprint density at radius 3 is 1.42 bits per heavy atom. The number of allylic oxidation sites excluding steroid dienone is 10. The van der Waals surface area contributed by atoms with Crippen LogP contribution < -0.4 is 10.6 Å². The first-order valence-electron chi connectivity index (χ1n) is 7.96. The predicted octanol–water partition coefficient (Wildman–Crippen LogP) is 1.99. The number of nitrogens with one attached hydrogen (secondary N) is 2. The Morgan fingerprint density at radius 2 is 1.04 bits per heavy atom. The van der Waals surface area contributed by atoms with Gasteiger partial charge in [0.25, 0.3) is 0 Å². The van der Waals surface area contributed by atoms with Crippen LogP contribution in [0.4, 0.5) is 0 Å². The summed E-state index contributed by atoms with van der Waals surface area (Å²) < 4.78 is 10.8. The molecule has 0 bridgehead atoms. The standard InChI is InChI=1S/C18H24N2O4/c21-17(15-5-1-2-6-15)19-9-11-23-13-14-24-12-10-20-18(22)16-7-3-4-8-16/h1-8,19-22H,9-14H2. The highest BCUT2D eigenvalue weighted by Crippen LogP contribution is 2.09. The summed E-state index contributed by atoms with van der Waals surface area (Å²) in [6.45, 7) is 2.99. The molecular weight excluding hydrogens is 308 g/mol. The highest BCUT2D eigenvalue weighted by Gasteiger charge is 2.02. The fourth-order valence-corrected chi connectivity index (χ4v) is 2.07. The van der Waals surface area contributed by atoms with Gasteiger partial charge in [0.2, 0.25) is 0 Å². The third kappa shape index (κ3) is 6.36. The third-order valence-corrected chi connectivity index (χ3v) is 3.32. The maximum absolute atomic E-state index is 9.72. The molecule has 0 heterocycles. The maximum atomic E-state index is 9.72. The molecular formula is C18H24N2O4. The highest BCUT2D eigenvalue weighted by atomic mass is 16.5. The molecule has 0 aromatic rings. The van der Waals surface area contributed by atoms with Crippen molar-refractivity contribution in [3.63, 3.8) is 0 Å². The van der Waals surface area contributed by atoms with Gasteiger partial charge in [0, 0.05) is 24.2 Å². The van der Waals surface area contributed by atoms with Crippen LogP contribution in [0.5, 0.6) is 0 Å². The second-order valence-corrected chi connectivity index (χ2v) is 5.12. The van der Waals surface area contributed by atoms with Crippen LogP contribution in [0, 0.1) is 0 Å². The first-order chi connectivity index (χ1) is 11.8. The molecule has 0 spiro atoms. The van der Waals surface area contributed by atoms with E-state index in [9.17, 15) is 10.2 Å². The van der Waals surface area contributed by atoms with E-state index in [4.69, 9.17) is 9.47 Å². The van der Waals surface area contributed by atoms with E-state index in [2.05, 4.69) is 10.6 Å². The molecule has 0 atom stereocenters. The van der Waals surface area contributed by atoms with Gasteiger partial charge in [-0.1, -0.05) is 24.3 Å². The summed E-state index contributed by atoms with van der Waals surface area (Å²) >= 11 is 0. The third-order valence-electron chi connectivity index (χ3n) is 3.32. The highest BCUT2D eigenvalue weighted by molar-refractivity contribution is 5.41. The van der Waals surface area contributed by atoms with Crippen LogP contribution >= 0.6 is 0 Å². The Labute approximate surface area is 142 Å². The fourth-order valence-electron chi connectivity index (χ4n) is 2.07. The Morgan fingerprint density at radius 1 is 0.667 bits per heavy atom. The zero-order valence-corrected chi connectivity index (χ0v) is 13.6. The van der Waals surface area contributed by atoms with E-state index in [0.29, 0.717) is 39.5 Å². The van der Waals surface area contributed by atoms with Crippen LogP contribution in [0.1, 0.15) is 0 Å². The average molecular weight is 332 g/mol. The zero-order valence-electron chi connectivity index (χ0n) is 13.6. The minimum atomic E-state index is 0.159. The van der Waals surface area contributed by atoms with Crippen molar-refractivity contribution in [3.8, 4) is 0 Å². The lowest BCUT2D eigenvalue weighted by atomic mass is 10.3. The lowest BCUT2D eigenvalue weighted by molar-refractivity contribution is 0.0495. The molecule has 24 heavy (non-hydrogen) atoms. The SMILES string of the molecule is OC(NCCOCCOCCNC(O)=C1C=CC=C1)=C1C=CC=C1. The largest absolute Gasteiger partial charge is 0.494 e. The molecule has 0 saturated carbocycles. The molecule has 4 N–H and O–H groups in total. The molecule has 0 radical (unpaired) electrons. The van der Waals surface area contributed by atoms with Gasteiger partial charge in [0.15, 0.2) is 11.8 Å². The number of rotatable bonds is 11. The first-order valence-corrected chi connectivity index (χ1v) is 7.96. The van der Waals surface area contributed by atoms with E-state index in [1.807, 2.05) is 48.6 Å². The zero-order chi connectivity index (χ0) is 17.0. The second kappa shape index (κ2) is 10.4. The van der Waals surface area contributed by atoms with Gasteiger partial charge in [-0.15, -0.1) is 0 Å². The summed E-state index contributed by atoms with van der Waals surface area (Å²) in [6.07, 6.45) is 14.8. The van der Waals surface area contributed by atoms with E-state index in [-0.39, 0.29) is 11.8 Å². The van der Waals surface area contributed by atoms with Crippen molar-refractivity contribution in [2.24, 2.45) is 0 Å². The Kier molecular flexibility index (Phi) is 7.73. The fraction of sp³-hybridized carbons (Fsp3) is 0.333. The quantitative estimate of drug-likeness (QED) is 0.342. The summed E-state index contributed by atoms with van der Waals surface area (Å²) in [4.78, 5) is 0. The summed E-state index contributed by atoms with van der Waals surface area (Å²) in [6, 6.07) is 0. The normalized spacial score (nSPS) is 14.7. The molecule has 0 saturated heterocycles. The van der Waals surface area contributed by atoms with E-state index in [1.54, 1.807) is 0 Å². The van der Waals surface area contributed by atoms with Crippen LogP contribution in [0.2, 0.25) is 0 Å². The molecule has 2 aliphatic carbocycles. The van der Waals surface area contributed by atoms with E-state index in [0.717, 1.165) is 11.1 Å². The van der Waals surface area contributed by atoms with Gasteiger partial charge in [-0.05, 0) is 24.3 Å². The number of hydrogen-bond donors (Lipinski definition) is 4. The summed E-state index contributed by atoms with van der Waals surface area (Å²) in [7, 11) is 0. The van der Waals surface area contributed by atoms with Gasteiger partial charge in [0.05, 0.1) is 26.4 Å². The topological polar surface area (TPSA) is 83.0 Å². The van der Waals surface area contributed by atoms with Crippen LogP contribution in [0.3, 0.4) is 0 Å². The van der Waals surface area contributed by atoms with Gasteiger partial charge in [-0.3, -0.25) is 0 Å². The molecule has 0 fully saturated rings. The van der Waals surface area contributed by atoms with Gasteiger partial charge in [-0.25, -0.2) is 0 Å². The average Bonchev–Trinajstić information content (AvgIpc) is 3.29. The summed E-state index contributed by atoms with van der Waals surface area (Å²) in [5, 5.41) is 25.2. The minimum Gasteiger partial charge on any atom is -0.494 e. The van der Waals surface area contributed by atoms with Crippen molar-refractivity contribution in [2.75, 3.05) is 39.5 Å². The van der Waals surface area contributed by atoms with Gasteiger partial charge >= 0.3 is 0 Å². The monoisotopic (exact) mass is 332 g/mol. The minimum absolute atomic E-state index is 0.159. The van der Waals surface area contributed by atoms with E-state index < -0.39 is 0 Å². The molecule has 0 aliphatic heterocycles. The summed E-state index contributed by atoms with van der Waals surface area (Å²) in [5.41, 5.74) is 1.54. The molecule has 6 heteroatoms. The van der Waals surface area contributed by atoms with Crippen molar-refractivity contribution < 1.29 is 19.7 Å². The van der Waals surface area contributed by atoms with Crippen molar-refractivity contribution in [1.29, 1.82) is 0 Å². The van der Waals surface area contributed by atoms with Crippen molar-refractivity contribution in [3.05, 3.63) is 71.5 Å². The van der Waals surface area contributed by atoms with Crippen LogP contribution in [0.15, 0.2) is 71.5 Å². The predicted molar refractivity (Wildman–Crippen MR) is 93.5 cm³/mol. The number of aliphatic hydroxyl groups excluding tert-OH is 2. The van der Waals surface area contributed by atoms with Crippen LogP contribution in [0.25, 0.3) is 0 Å². The van der Waals surface area contributed by atoms with Gasteiger partial charge in [-0.2, -0.15) is 0 Å². The summed E-state index contributed by atoms with van der Waals surface area (Å²) in [5.74, 6) is 0.318. The smallest absolute Gasteiger partial charge is 0.191 e. The van der Waals surface area contributed by atoms with E-state index in [1.165, 1.54) is 0 Å². The lowest BCUT2D eigenvalue weighted by Crippen LogP contribution is -2.22. The maximum Gasteiger partial charge on any atom is 0.191 e. The molecule has 0 amide bonds. The molecule has 130 valence electrons. The molecule has 0 unspecified atom stereocenters. The Bertz CT molecular complexity index is 506. The van der Waals surface area contributed by atoms with E-state index >= 15 is 0 Å². The number of hydrogen-bond acceptors (Lipinski definition) is 6. The first kappa shape index (κ1) is 17.9. The molecule has 0 aromatic carbocycles. The number of ether oxygens (including phenoxy) is 2. The van der Waals surface area contributed by atoms with Crippen molar-refractivity contribution >= 4 is 0 Å². The number of aliphatic hydroxyl groups is 2. The van der Waals surface area contributed by atoms with Crippen molar-refractivity contribution in [2.45, 2.75) is 0 Å². The Balaban J connectivity index is 1.41. The van der Waals surface area contributed by atoms with Crippen LogP contribution in [-0.2, 0) is 9.47 Å². The molecule has 6 nitrogen and oxygen atoms in total. The van der Waals surface area contributed by atoms with Crippen molar-refractivity contribution in [1.82, 2.24) is 10.6 Å². The molecule has 0 aromatic heterocycles. The van der Waals surface area contributed by atoms with Gasteiger partial charge in [0.1, 0.15) is 0 Å². The van der Waals surface area contributed by atoms with Crippen LogP contribution in [-0.4, -0.2) is 49.7 Å². The molecule has 2 rings (SSSR count). The second-order valence-electron chi connectivity index (χ2n) is 5.12. The Hall–Kier alpha value is -2.44. The lowest BCUT2D eigenvalue weighted by Gasteiger charge is -2.09. The molecule has 2 aliphatic rings. The van der Waals surface area contributed by atoms with Gasteiger partial charge < -0.3 is 30.3 Å².